The summed E-state index contributed by atoms with van der Waals surface area (Å²) in [5.74, 6) is 1.03. The number of rotatable bonds is 7. The van der Waals surface area contributed by atoms with Gasteiger partial charge in [0.1, 0.15) is 12.1 Å². The first kappa shape index (κ1) is 18.4. The number of carbonyl (C=O) groups excluding carboxylic acids is 1. The van der Waals surface area contributed by atoms with Crippen LogP contribution in [0.3, 0.4) is 0 Å². The van der Waals surface area contributed by atoms with Crippen LogP contribution in [0.4, 0.5) is 5.82 Å². The lowest BCUT2D eigenvalue weighted by molar-refractivity contribution is -0.129. The van der Waals surface area contributed by atoms with E-state index in [1.54, 1.807) is 13.3 Å². The number of amides is 1. The van der Waals surface area contributed by atoms with E-state index in [9.17, 15) is 4.79 Å². The van der Waals surface area contributed by atoms with Crippen LogP contribution in [0.15, 0.2) is 48.8 Å². The fourth-order valence-corrected chi connectivity index (χ4v) is 3.46. The molecule has 1 heterocycles. The van der Waals surface area contributed by atoms with Crippen LogP contribution in [0.25, 0.3) is 22.0 Å². The highest BCUT2D eigenvalue weighted by molar-refractivity contribution is 5.92. The molecule has 0 bridgehead atoms. The van der Waals surface area contributed by atoms with Crippen LogP contribution in [0.1, 0.15) is 38.7 Å². The highest BCUT2D eigenvalue weighted by Gasteiger charge is 2.22. The standard InChI is InChI=1S/C23H26N4O/c1-3-11-27(16(2)28)14-17-5-4-6-18(12-17)19-7-10-22-21(13-19)23(25-15-24-22)26-20-8-9-20/h4-7,10,12-13,15,20H,3,8-9,11,14H2,1-2H3,(H,24,25,26). The minimum atomic E-state index is 0.117. The van der Waals surface area contributed by atoms with Crippen molar-refractivity contribution >= 4 is 22.6 Å². The van der Waals surface area contributed by atoms with Crippen molar-refractivity contribution in [2.75, 3.05) is 11.9 Å². The number of hydrogen-bond donors (Lipinski definition) is 1. The van der Waals surface area contributed by atoms with Crippen molar-refractivity contribution in [1.29, 1.82) is 0 Å². The van der Waals surface area contributed by atoms with Gasteiger partial charge in [0.05, 0.1) is 5.52 Å². The molecule has 0 unspecified atom stereocenters. The van der Waals surface area contributed by atoms with Crippen LogP contribution in [-0.2, 0) is 11.3 Å². The number of aromatic nitrogens is 2. The number of nitrogens with zero attached hydrogens (tertiary/aromatic N) is 3. The van der Waals surface area contributed by atoms with E-state index < -0.39 is 0 Å². The zero-order valence-corrected chi connectivity index (χ0v) is 16.5. The van der Waals surface area contributed by atoms with E-state index >= 15 is 0 Å². The Hall–Kier alpha value is -2.95. The molecule has 1 amide bonds. The molecule has 0 radical (unpaired) electrons. The Kier molecular flexibility index (Phi) is 5.24. The number of benzene rings is 2. The van der Waals surface area contributed by atoms with Gasteiger partial charge in [0.2, 0.25) is 5.91 Å². The largest absolute Gasteiger partial charge is 0.367 e. The Morgan fingerprint density at radius 1 is 1.14 bits per heavy atom. The van der Waals surface area contributed by atoms with Gasteiger partial charge in [0.25, 0.3) is 0 Å². The number of nitrogens with one attached hydrogen (secondary N) is 1. The Morgan fingerprint density at radius 3 is 2.71 bits per heavy atom. The van der Waals surface area contributed by atoms with Gasteiger partial charge in [-0.25, -0.2) is 9.97 Å². The molecule has 1 saturated carbocycles. The van der Waals surface area contributed by atoms with E-state index in [-0.39, 0.29) is 5.91 Å². The molecule has 0 saturated heterocycles. The lowest BCUT2D eigenvalue weighted by Crippen LogP contribution is -2.28. The first-order valence-corrected chi connectivity index (χ1v) is 10.00. The lowest BCUT2D eigenvalue weighted by Gasteiger charge is -2.20. The molecule has 28 heavy (non-hydrogen) atoms. The number of anilines is 1. The SMILES string of the molecule is CCCN(Cc1cccc(-c2ccc3ncnc(NC4CC4)c3c2)c1)C(C)=O. The summed E-state index contributed by atoms with van der Waals surface area (Å²) in [5.41, 5.74) is 4.36. The summed E-state index contributed by atoms with van der Waals surface area (Å²) in [4.78, 5) is 22.6. The predicted octanol–water partition coefficient (Wildman–Crippen LogP) is 4.63. The van der Waals surface area contributed by atoms with Gasteiger partial charge in [-0.2, -0.15) is 0 Å². The summed E-state index contributed by atoms with van der Waals surface area (Å²) in [5, 5.41) is 4.56. The summed E-state index contributed by atoms with van der Waals surface area (Å²) >= 11 is 0. The zero-order valence-electron chi connectivity index (χ0n) is 16.5. The zero-order chi connectivity index (χ0) is 19.5. The van der Waals surface area contributed by atoms with Crippen LogP contribution in [-0.4, -0.2) is 33.4 Å². The average Bonchev–Trinajstić information content (AvgIpc) is 3.52. The highest BCUT2D eigenvalue weighted by Crippen LogP contribution is 2.30. The maximum atomic E-state index is 11.9. The second-order valence-electron chi connectivity index (χ2n) is 7.51. The first-order chi connectivity index (χ1) is 13.6. The van der Waals surface area contributed by atoms with E-state index in [1.165, 1.54) is 12.8 Å². The molecule has 1 fully saturated rings. The topological polar surface area (TPSA) is 58.1 Å². The van der Waals surface area contributed by atoms with Crippen molar-refractivity contribution in [2.45, 2.75) is 45.7 Å². The molecule has 5 nitrogen and oxygen atoms in total. The van der Waals surface area contributed by atoms with E-state index in [1.807, 2.05) is 4.90 Å². The lowest BCUT2D eigenvalue weighted by atomic mass is 10.0. The average molecular weight is 374 g/mol. The third-order valence-corrected chi connectivity index (χ3v) is 5.13. The maximum absolute atomic E-state index is 11.9. The van der Waals surface area contributed by atoms with Gasteiger partial charge >= 0.3 is 0 Å². The Balaban J connectivity index is 1.65. The summed E-state index contributed by atoms with van der Waals surface area (Å²) in [7, 11) is 0. The van der Waals surface area contributed by atoms with Crippen molar-refractivity contribution in [2.24, 2.45) is 0 Å². The Morgan fingerprint density at radius 2 is 1.96 bits per heavy atom. The molecule has 0 atom stereocenters. The minimum absolute atomic E-state index is 0.117. The second kappa shape index (κ2) is 7.97. The molecule has 0 aliphatic heterocycles. The van der Waals surface area contributed by atoms with Gasteiger partial charge in [-0.15, -0.1) is 0 Å². The van der Waals surface area contributed by atoms with Crippen molar-refractivity contribution in [1.82, 2.24) is 14.9 Å². The molecular weight excluding hydrogens is 348 g/mol. The molecular formula is C23H26N4O. The molecule has 144 valence electrons. The predicted molar refractivity (Wildman–Crippen MR) is 113 cm³/mol. The van der Waals surface area contributed by atoms with E-state index in [0.717, 1.165) is 46.4 Å². The normalized spacial score (nSPS) is 13.5. The summed E-state index contributed by atoms with van der Waals surface area (Å²) < 4.78 is 0. The summed E-state index contributed by atoms with van der Waals surface area (Å²) in [6.07, 6.45) is 4.99. The monoisotopic (exact) mass is 374 g/mol. The van der Waals surface area contributed by atoms with Gasteiger partial charge in [0.15, 0.2) is 0 Å². The molecule has 1 aromatic heterocycles. The smallest absolute Gasteiger partial charge is 0.219 e. The van der Waals surface area contributed by atoms with Crippen LogP contribution in [0, 0.1) is 0 Å². The summed E-state index contributed by atoms with van der Waals surface area (Å²) in [6, 6.07) is 15.3. The maximum Gasteiger partial charge on any atom is 0.219 e. The third-order valence-electron chi connectivity index (χ3n) is 5.13. The first-order valence-electron chi connectivity index (χ1n) is 10.00. The van der Waals surface area contributed by atoms with Crippen molar-refractivity contribution < 1.29 is 4.79 Å². The van der Waals surface area contributed by atoms with E-state index in [2.05, 4.69) is 64.7 Å². The Labute approximate surface area is 165 Å². The number of carbonyl (C=O) groups is 1. The molecule has 4 rings (SSSR count). The van der Waals surface area contributed by atoms with E-state index in [0.29, 0.717) is 12.6 Å². The van der Waals surface area contributed by atoms with Gasteiger partial charge in [0, 0.05) is 31.4 Å². The molecule has 3 aromatic rings. The fraction of sp³-hybridized carbons (Fsp3) is 0.348. The molecule has 5 heteroatoms. The van der Waals surface area contributed by atoms with Crippen molar-refractivity contribution in [3.63, 3.8) is 0 Å². The molecule has 1 aliphatic rings. The van der Waals surface area contributed by atoms with Crippen LogP contribution in [0.2, 0.25) is 0 Å². The Bertz CT molecular complexity index is 997. The van der Waals surface area contributed by atoms with Gasteiger partial charge in [-0.3, -0.25) is 4.79 Å². The highest BCUT2D eigenvalue weighted by atomic mass is 16.2. The second-order valence-corrected chi connectivity index (χ2v) is 7.51. The van der Waals surface area contributed by atoms with Gasteiger partial charge in [-0.05, 0) is 54.2 Å². The van der Waals surface area contributed by atoms with Crippen LogP contribution < -0.4 is 5.32 Å². The molecule has 1 N–H and O–H groups in total. The molecule has 0 spiro atoms. The minimum Gasteiger partial charge on any atom is -0.367 e. The van der Waals surface area contributed by atoms with Gasteiger partial charge in [-0.1, -0.05) is 31.2 Å². The molecule has 1 aliphatic carbocycles. The van der Waals surface area contributed by atoms with Crippen molar-refractivity contribution in [3.8, 4) is 11.1 Å². The quantitative estimate of drug-likeness (QED) is 0.655. The van der Waals surface area contributed by atoms with Crippen LogP contribution >= 0.6 is 0 Å². The van der Waals surface area contributed by atoms with Gasteiger partial charge < -0.3 is 10.2 Å². The summed E-state index contributed by atoms with van der Waals surface area (Å²) in [6.45, 7) is 5.15. The number of hydrogen-bond acceptors (Lipinski definition) is 4. The fourth-order valence-electron chi connectivity index (χ4n) is 3.46. The molecule has 2 aromatic carbocycles. The van der Waals surface area contributed by atoms with E-state index in [4.69, 9.17) is 0 Å². The van der Waals surface area contributed by atoms with Crippen molar-refractivity contribution in [3.05, 3.63) is 54.4 Å². The number of fused-ring (bicyclic) bond motifs is 1. The van der Waals surface area contributed by atoms with Crippen LogP contribution in [0.5, 0.6) is 0 Å². The third kappa shape index (κ3) is 4.14.